The van der Waals surface area contributed by atoms with Crippen LogP contribution >= 0.6 is 0 Å². The lowest BCUT2D eigenvalue weighted by Gasteiger charge is -2.10. The molecule has 3 aromatic heterocycles. The second kappa shape index (κ2) is 10.8. The first-order valence-electron chi connectivity index (χ1n) is 11.8. The van der Waals surface area contributed by atoms with E-state index in [0.717, 1.165) is 27.8 Å². The van der Waals surface area contributed by atoms with Crippen LogP contribution in [0.5, 0.6) is 23.3 Å². The maximum atomic E-state index is 11.7. The molecule has 0 aliphatic carbocycles. The van der Waals surface area contributed by atoms with Gasteiger partial charge in [0, 0.05) is 36.0 Å². The van der Waals surface area contributed by atoms with E-state index in [1.165, 1.54) is 0 Å². The number of fused-ring (bicyclic) bond motifs is 1. The van der Waals surface area contributed by atoms with E-state index in [-0.39, 0.29) is 11.7 Å². The number of benzene rings is 2. The second-order valence-electron chi connectivity index (χ2n) is 8.07. The van der Waals surface area contributed by atoms with Gasteiger partial charge in [0.2, 0.25) is 0 Å². The molecular weight excluding hydrogens is 472 g/mol. The van der Waals surface area contributed by atoms with Gasteiger partial charge >= 0.3 is 12.0 Å². The highest BCUT2D eigenvalue weighted by Gasteiger charge is 2.16. The summed E-state index contributed by atoms with van der Waals surface area (Å²) in [4.78, 5) is 27.5. The summed E-state index contributed by atoms with van der Waals surface area (Å²) in [5.41, 5.74) is 3.21. The molecule has 0 spiro atoms. The zero-order chi connectivity index (χ0) is 25.6. The maximum Gasteiger partial charge on any atom is 0.352 e. The molecule has 186 valence electrons. The highest BCUT2D eigenvalue weighted by molar-refractivity contribution is 6.00. The summed E-state index contributed by atoms with van der Waals surface area (Å²) in [6, 6.07) is 18.4. The van der Waals surface area contributed by atoms with Crippen LogP contribution in [0.4, 0.5) is 0 Å². The van der Waals surface area contributed by atoms with E-state index in [1.807, 2.05) is 31.2 Å². The molecule has 0 radical (unpaired) electrons. The lowest BCUT2D eigenvalue weighted by atomic mass is 10.0. The Labute approximate surface area is 212 Å². The molecule has 9 heteroatoms. The minimum atomic E-state index is -1.03. The van der Waals surface area contributed by atoms with Crippen LogP contribution in [0.3, 0.4) is 0 Å². The average Bonchev–Trinajstić information content (AvgIpc) is 3.37. The number of nitrogens with one attached hydrogen (secondary N) is 1. The van der Waals surface area contributed by atoms with Crippen LogP contribution in [0, 0.1) is 0 Å². The molecule has 3 heterocycles. The van der Waals surface area contributed by atoms with Crippen molar-refractivity contribution in [1.82, 2.24) is 19.9 Å². The second-order valence-corrected chi connectivity index (χ2v) is 8.07. The van der Waals surface area contributed by atoms with Crippen LogP contribution < -0.4 is 14.2 Å². The minimum absolute atomic E-state index is 0.102. The van der Waals surface area contributed by atoms with Crippen molar-refractivity contribution in [3.63, 3.8) is 0 Å². The smallest absolute Gasteiger partial charge is 0.352 e. The molecule has 0 saturated heterocycles. The zero-order valence-electron chi connectivity index (χ0n) is 20.0. The van der Waals surface area contributed by atoms with Gasteiger partial charge in [-0.1, -0.05) is 12.1 Å². The Kier molecular flexibility index (Phi) is 6.93. The molecule has 2 N–H and O–H groups in total. The monoisotopic (exact) mass is 496 g/mol. The van der Waals surface area contributed by atoms with Crippen LogP contribution in [-0.2, 0) is 6.42 Å². The summed E-state index contributed by atoms with van der Waals surface area (Å²) < 4.78 is 17.1. The number of aromatic amines is 1. The Morgan fingerprint density at radius 3 is 2.46 bits per heavy atom. The van der Waals surface area contributed by atoms with Crippen molar-refractivity contribution in [1.29, 1.82) is 0 Å². The number of carboxylic acids is 1. The first kappa shape index (κ1) is 23.8. The summed E-state index contributed by atoms with van der Waals surface area (Å²) in [5.74, 6) is 0.971. The van der Waals surface area contributed by atoms with Gasteiger partial charge in [0.1, 0.15) is 22.9 Å². The molecular formula is C28H24N4O5. The largest absolute Gasteiger partial charge is 0.494 e. The number of carboxylic acid groups (broad SMARTS) is 1. The van der Waals surface area contributed by atoms with Gasteiger partial charge in [-0.05, 0) is 61.0 Å². The Bertz CT molecular complexity index is 1520. The Morgan fingerprint density at radius 1 is 0.919 bits per heavy atom. The lowest BCUT2D eigenvalue weighted by molar-refractivity contribution is 0.0691. The summed E-state index contributed by atoms with van der Waals surface area (Å²) >= 11 is 0. The number of hydrogen-bond acceptors (Lipinski definition) is 7. The normalized spacial score (nSPS) is 10.8. The highest BCUT2D eigenvalue weighted by Crippen LogP contribution is 2.32. The van der Waals surface area contributed by atoms with Gasteiger partial charge in [-0.25, -0.2) is 14.8 Å². The molecule has 37 heavy (non-hydrogen) atoms. The van der Waals surface area contributed by atoms with Gasteiger partial charge in [0.15, 0.2) is 0 Å². The topological polar surface area (TPSA) is 119 Å². The molecule has 0 aliphatic rings. The van der Waals surface area contributed by atoms with Gasteiger partial charge in [0.25, 0.3) is 0 Å². The molecule has 0 atom stereocenters. The molecule has 0 aliphatic heterocycles. The SMILES string of the molecule is CCOc1cccc(-c2ncc(CCOc3ccc(Oc4ncccn4)cc3)c3[nH]c(C(=O)O)cc23)c1. The zero-order valence-corrected chi connectivity index (χ0v) is 20.0. The van der Waals surface area contributed by atoms with Gasteiger partial charge in [-0.3, -0.25) is 4.98 Å². The number of carbonyl (C=O) groups is 1. The fourth-order valence-corrected chi connectivity index (χ4v) is 3.93. The Hall–Kier alpha value is -4.92. The van der Waals surface area contributed by atoms with Crippen LogP contribution in [0.2, 0.25) is 0 Å². The maximum absolute atomic E-state index is 11.7. The van der Waals surface area contributed by atoms with Crippen molar-refractivity contribution >= 4 is 16.9 Å². The van der Waals surface area contributed by atoms with Crippen LogP contribution in [-0.4, -0.2) is 44.2 Å². The molecule has 0 amide bonds. The third kappa shape index (κ3) is 5.51. The third-order valence-electron chi connectivity index (χ3n) is 5.61. The number of pyridine rings is 1. The van der Waals surface area contributed by atoms with E-state index in [2.05, 4.69) is 19.9 Å². The number of nitrogens with zero attached hydrogens (tertiary/aromatic N) is 3. The van der Waals surface area contributed by atoms with E-state index < -0.39 is 5.97 Å². The van der Waals surface area contributed by atoms with E-state index in [4.69, 9.17) is 14.2 Å². The van der Waals surface area contributed by atoms with Gasteiger partial charge in [0.05, 0.1) is 24.4 Å². The minimum Gasteiger partial charge on any atom is -0.494 e. The lowest BCUT2D eigenvalue weighted by Crippen LogP contribution is -2.03. The first-order chi connectivity index (χ1) is 18.1. The summed E-state index contributed by atoms with van der Waals surface area (Å²) in [6.07, 6.45) is 5.51. The van der Waals surface area contributed by atoms with E-state index in [9.17, 15) is 9.90 Å². The van der Waals surface area contributed by atoms with Crippen LogP contribution in [0.15, 0.2) is 79.3 Å². The van der Waals surface area contributed by atoms with Crippen molar-refractivity contribution in [2.45, 2.75) is 13.3 Å². The summed E-state index contributed by atoms with van der Waals surface area (Å²) in [7, 11) is 0. The molecule has 0 unspecified atom stereocenters. The molecule has 2 aromatic carbocycles. The summed E-state index contributed by atoms with van der Waals surface area (Å²) in [6.45, 7) is 2.85. The molecule has 0 bridgehead atoms. The van der Waals surface area contributed by atoms with Crippen molar-refractivity contribution in [2.24, 2.45) is 0 Å². The average molecular weight is 497 g/mol. The van der Waals surface area contributed by atoms with Crippen LogP contribution in [0.25, 0.3) is 22.2 Å². The fourth-order valence-electron chi connectivity index (χ4n) is 3.93. The standard InChI is InChI=1S/C28H24N4O5/c1-2-35-22-6-3-5-18(15-22)25-23-16-24(27(33)34)32-26(23)19(17-31-25)11-14-36-20-7-9-21(10-8-20)37-28-29-12-4-13-30-28/h3-10,12-13,15-17,32H,2,11,14H2,1H3,(H,33,34). The number of aromatic carboxylic acids is 1. The number of aromatic nitrogens is 4. The van der Waals surface area contributed by atoms with Crippen molar-refractivity contribution in [3.05, 3.63) is 90.5 Å². The summed E-state index contributed by atoms with van der Waals surface area (Å²) in [5, 5.41) is 10.3. The van der Waals surface area contributed by atoms with Crippen molar-refractivity contribution in [2.75, 3.05) is 13.2 Å². The van der Waals surface area contributed by atoms with Crippen LogP contribution in [0.1, 0.15) is 23.0 Å². The number of H-pyrrole nitrogens is 1. The van der Waals surface area contributed by atoms with E-state index >= 15 is 0 Å². The molecule has 0 saturated carbocycles. The predicted molar refractivity (Wildman–Crippen MR) is 137 cm³/mol. The third-order valence-corrected chi connectivity index (χ3v) is 5.61. The number of ether oxygens (including phenoxy) is 3. The first-order valence-corrected chi connectivity index (χ1v) is 11.8. The highest BCUT2D eigenvalue weighted by atomic mass is 16.5. The quantitative estimate of drug-likeness (QED) is 0.259. The van der Waals surface area contributed by atoms with E-state index in [1.54, 1.807) is 55.0 Å². The Morgan fingerprint density at radius 2 is 1.70 bits per heavy atom. The molecule has 0 fully saturated rings. The predicted octanol–water partition coefficient (Wildman–Crippen LogP) is 5.53. The van der Waals surface area contributed by atoms with Gasteiger partial charge in [-0.15, -0.1) is 0 Å². The van der Waals surface area contributed by atoms with Crippen molar-refractivity contribution < 1.29 is 24.1 Å². The number of rotatable bonds is 10. The fraction of sp³-hybridized carbons (Fsp3) is 0.143. The van der Waals surface area contributed by atoms with E-state index in [0.29, 0.717) is 36.8 Å². The van der Waals surface area contributed by atoms with Gasteiger partial charge in [-0.2, -0.15) is 0 Å². The van der Waals surface area contributed by atoms with Gasteiger partial charge < -0.3 is 24.3 Å². The number of hydrogen-bond donors (Lipinski definition) is 2. The molecule has 9 nitrogen and oxygen atoms in total. The van der Waals surface area contributed by atoms with Crippen molar-refractivity contribution in [3.8, 4) is 34.5 Å². The molecule has 5 aromatic rings. The molecule has 5 rings (SSSR count). The Balaban J connectivity index is 1.33.